The summed E-state index contributed by atoms with van der Waals surface area (Å²) in [5.74, 6) is 0.450. The molecule has 120 valence electrons. The van der Waals surface area contributed by atoms with Crippen molar-refractivity contribution in [2.24, 2.45) is 0 Å². The van der Waals surface area contributed by atoms with Crippen molar-refractivity contribution in [3.05, 3.63) is 52.2 Å². The van der Waals surface area contributed by atoms with E-state index in [1.165, 1.54) is 32.4 Å². The molecule has 0 amide bonds. The lowest BCUT2D eigenvalue weighted by Gasteiger charge is -2.06. The van der Waals surface area contributed by atoms with Crippen molar-refractivity contribution in [1.82, 2.24) is 4.98 Å². The predicted molar refractivity (Wildman–Crippen MR) is 88.4 cm³/mol. The lowest BCUT2D eigenvalue weighted by atomic mass is 10.0. The molecule has 1 aromatic heterocycles. The Hall–Kier alpha value is -2.53. The average Bonchev–Trinajstić information content (AvgIpc) is 2.53. The number of aromatic nitrogens is 1. The highest BCUT2D eigenvalue weighted by Crippen LogP contribution is 2.27. The highest BCUT2D eigenvalue weighted by Gasteiger charge is 2.12. The van der Waals surface area contributed by atoms with E-state index in [0.717, 1.165) is 0 Å². The van der Waals surface area contributed by atoms with Crippen LogP contribution in [0.3, 0.4) is 0 Å². The van der Waals surface area contributed by atoms with E-state index in [1.807, 2.05) is 0 Å². The Bertz CT molecular complexity index is 771. The molecule has 2 aromatic rings. The molecule has 0 unspecified atom stereocenters. The number of aromatic hydroxyl groups is 1. The minimum absolute atomic E-state index is 0.00937. The first-order valence-electron chi connectivity index (χ1n) is 6.76. The molecule has 1 N–H and O–H groups in total. The number of nitrogens with zero attached hydrogens (tertiary/aromatic N) is 1. The highest BCUT2D eigenvalue weighted by atomic mass is 35.5. The van der Waals surface area contributed by atoms with Crippen molar-refractivity contribution < 1.29 is 19.4 Å². The molecule has 0 aliphatic heterocycles. The number of phenolic OH excluding ortho intramolecular Hbond substituents is 1. The van der Waals surface area contributed by atoms with Crippen molar-refractivity contribution in [2.45, 2.75) is 6.92 Å². The normalized spacial score (nSPS) is 11.2. The van der Waals surface area contributed by atoms with Gasteiger partial charge in [0.1, 0.15) is 5.15 Å². The second-order valence-corrected chi connectivity index (χ2v) is 5.20. The predicted octanol–water partition coefficient (Wildman–Crippen LogP) is 3.74. The lowest BCUT2D eigenvalue weighted by Crippen LogP contribution is -2.02. The molecule has 23 heavy (non-hydrogen) atoms. The Morgan fingerprint density at radius 1 is 1.22 bits per heavy atom. The van der Waals surface area contributed by atoms with E-state index in [4.69, 9.17) is 21.1 Å². The SMILES string of the molecule is COc1cc(C(=O)/C(C)=C/c2ccc(OC)c(O)c2)cc(Cl)n1. The van der Waals surface area contributed by atoms with Crippen LogP contribution in [0.5, 0.6) is 17.4 Å². The Kier molecular flexibility index (Phi) is 5.24. The molecule has 5 nitrogen and oxygen atoms in total. The highest BCUT2D eigenvalue weighted by molar-refractivity contribution is 6.30. The maximum Gasteiger partial charge on any atom is 0.215 e. The number of methoxy groups -OCH3 is 2. The number of hydrogen-bond acceptors (Lipinski definition) is 5. The van der Waals surface area contributed by atoms with Crippen LogP contribution in [0.1, 0.15) is 22.8 Å². The van der Waals surface area contributed by atoms with Gasteiger partial charge in [0.25, 0.3) is 0 Å². The minimum Gasteiger partial charge on any atom is -0.504 e. The lowest BCUT2D eigenvalue weighted by molar-refractivity contribution is 0.103. The van der Waals surface area contributed by atoms with Crippen LogP contribution in [0.25, 0.3) is 6.08 Å². The fourth-order valence-electron chi connectivity index (χ4n) is 2.05. The van der Waals surface area contributed by atoms with Gasteiger partial charge in [-0.15, -0.1) is 0 Å². The summed E-state index contributed by atoms with van der Waals surface area (Å²) in [7, 11) is 2.93. The topological polar surface area (TPSA) is 68.7 Å². The molecular formula is C17H16ClNO4. The van der Waals surface area contributed by atoms with Gasteiger partial charge in [-0.25, -0.2) is 4.98 Å². The molecule has 0 spiro atoms. The first kappa shape index (κ1) is 16.8. The smallest absolute Gasteiger partial charge is 0.215 e. The summed E-state index contributed by atoms with van der Waals surface area (Å²) >= 11 is 5.88. The second-order valence-electron chi connectivity index (χ2n) is 4.81. The van der Waals surface area contributed by atoms with Crippen LogP contribution in [0.2, 0.25) is 5.15 Å². The van der Waals surface area contributed by atoms with Gasteiger partial charge in [0, 0.05) is 11.6 Å². The number of ether oxygens (including phenoxy) is 2. The molecule has 1 heterocycles. The number of halogens is 1. The van der Waals surface area contributed by atoms with E-state index in [0.29, 0.717) is 22.4 Å². The maximum atomic E-state index is 12.5. The molecule has 2 rings (SSSR count). The molecule has 0 aliphatic rings. The number of carbonyl (C=O) groups excluding carboxylic acids is 1. The van der Waals surface area contributed by atoms with Gasteiger partial charge in [0.15, 0.2) is 17.3 Å². The summed E-state index contributed by atoms with van der Waals surface area (Å²) < 4.78 is 10.00. The molecule has 1 aromatic carbocycles. The quantitative estimate of drug-likeness (QED) is 0.513. The van der Waals surface area contributed by atoms with Crippen molar-refractivity contribution in [3.8, 4) is 17.4 Å². The number of hydrogen-bond donors (Lipinski definition) is 1. The van der Waals surface area contributed by atoms with Crippen molar-refractivity contribution >= 4 is 23.5 Å². The van der Waals surface area contributed by atoms with Crippen molar-refractivity contribution in [1.29, 1.82) is 0 Å². The van der Waals surface area contributed by atoms with Gasteiger partial charge in [0.05, 0.1) is 14.2 Å². The number of carbonyl (C=O) groups is 1. The van der Waals surface area contributed by atoms with Gasteiger partial charge >= 0.3 is 0 Å². The summed E-state index contributed by atoms with van der Waals surface area (Å²) in [6, 6.07) is 7.91. The Balaban J connectivity index is 2.32. The van der Waals surface area contributed by atoms with E-state index in [1.54, 1.807) is 25.1 Å². The van der Waals surface area contributed by atoms with Crippen LogP contribution in [0, 0.1) is 0 Å². The molecule has 0 saturated heterocycles. The molecule has 0 saturated carbocycles. The summed E-state index contributed by atoms with van der Waals surface area (Å²) in [6.07, 6.45) is 1.67. The second kappa shape index (κ2) is 7.15. The zero-order chi connectivity index (χ0) is 17.0. The van der Waals surface area contributed by atoms with Gasteiger partial charge in [-0.3, -0.25) is 4.79 Å². The first-order valence-corrected chi connectivity index (χ1v) is 7.14. The van der Waals surface area contributed by atoms with Crippen LogP contribution in [-0.4, -0.2) is 30.1 Å². The van der Waals surface area contributed by atoms with Crippen molar-refractivity contribution in [2.75, 3.05) is 14.2 Å². The number of phenols is 1. The van der Waals surface area contributed by atoms with Gasteiger partial charge in [0.2, 0.25) is 5.88 Å². The molecule has 6 heteroatoms. The number of benzene rings is 1. The third kappa shape index (κ3) is 4.02. The van der Waals surface area contributed by atoms with Crippen LogP contribution in [0.4, 0.5) is 0 Å². The van der Waals surface area contributed by atoms with Gasteiger partial charge in [-0.2, -0.15) is 0 Å². The zero-order valence-corrected chi connectivity index (χ0v) is 13.7. The van der Waals surface area contributed by atoms with Crippen LogP contribution < -0.4 is 9.47 Å². The summed E-state index contributed by atoms with van der Waals surface area (Å²) in [4.78, 5) is 16.4. The summed E-state index contributed by atoms with van der Waals surface area (Å²) in [6.45, 7) is 1.68. The van der Waals surface area contributed by atoms with E-state index in [2.05, 4.69) is 4.98 Å². The Morgan fingerprint density at radius 2 is 1.96 bits per heavy atom. The number of rotatable bonds is 5. The largest absolute Gasteiger partial charge is 0.504 e. The monoisotopic (exact) mass is 333 g/mol. The Morgan fingerprint density at radius 3 is 2.57 bits per heavy atom. The first-order chi connectivity index (χ1) is 10.9. The fourth-order valence-corrected chi connectivity index (χ4v) is 2.25. The number of ketones is 1. The fraction of sp³-hybridized carbons (Fsp3) is 0.176. The van der Waals surface area contributed by atoms with Crippen LogP contribution in [0.15, 0.2) is 35.9 Å². The molecule has 0 fully saturated rings. The van der Waals surface area contributed by atoms with Gasteiger partial charge < -0.3 is 14.6 Å². The van der Waals surface area contributed by atoms with Gasteiger partial charge in [-0.1, -0.05) is 17.7 Å². The van der Waals surface area contributed by atoms with E-state index >= 15 is 0 Å². The molecule has 0 atom stereocenters. The van der Waals surface area contributed by atoms with Gasteiger partial charge in [-0.05, 0) is 42.3 Å². The standard InChI is InChI=1S/C17H16ClNO4/c1-10(6-11-4-5-14(22-2)13(20)7-11)17(21)12-8-15(18)19-16(9-12)23-3/h4-9,20H,1-3H3/b10-6+. The van der Waals surface area contributed by atoms with E-state index in [9.17, 15) is 9.90 Å². The molecule has 0 aliphatic carbocycles. The van der Waals surface area contributed by atoms with E-state index in [-0.39, 0.29) is 22.6 Å². The molecule has 0 radical (unpaired) electrons. The van der Waals surface area contributed by atoms with Crippen LogP contribution in [-0.2, 0) is 0 Å². The maximum absolute atomic E-state index is 12.5. The van der Waals surface area contributed by atoms with Crippen molar-refractivity contribution in [3.63, 3.8) is 0 Å². The van der Waals surface area contributed by atoms with Crippen LogP contribution >= 0.6 is 11.6 Å². The third-order valence-electron chi connectivity index (χ3n) is 3.19. The average molecular weight is 334 g/mol. The van der Waals surface area contributed by atoms with E-state index < -0.39 is 0 Å². The number of pyridine rings is 1. The zero-order valence-electron chi connectivity index (χ0n) is 13.0. The Labute approximate surface area is 139 Å². The number of Topliss-reactive ketones (excluding diaryl/α,β-unsaturated/α-hetero) is 1. The molecular weight excluding hydrogens is 318 g/mol. The summed E-state index contributed by atoms with van der Waals surface area (Å²) in [5, 5.41) is 9.97. The minimum atomic E-state index is -0.206. The number of allylic oxidation sites excluding steroid dienone is 1. The third-order valence-corrected chi connectivity index (χ3v) is 3.38. The summed E-state index contributed by atoms with van der Waals surface area (Å²) in [5.41, 5.74) is 1.55. The molecule has 0 bridgehead atoms.